The smallest absolute Gasteiger partial charge is 0 e. The molecule has 0 heterocycles. The summed E-state index contributed by atoms with van der Waals surface area (Å²) in [5.74, 6) is 0.694. The van der Waals surface area contributed by atoms with Crippen LogP contribution in [-0.4, -0.2) is 0 Å². The third-order valence-electron chi connectivity index (χ3n) is 3.65. The van der Waals surface area contributed by atoms with Crippen molar-refractivity contribution in [1.29, 1.82) is 0 Å². The molecule has 0 nitrogen and oxygen atoms in total. The van der Waals surface area contributed by atoms with E-state index >= 15 is 0 Å². The topological polar surface area (TPSA) is 0 Å². The average molecular weight is 403 g/mol. The monoisotopic (exact) mass is 403 g/mol. The third kappa shape index (κ3) is 12.4. The van der Waals surface area contributed by atoms with Crippen LogP contribution in [0.2, 0.25) is 0 Å². The van der Waals surface area contributed by atoms with E-state index in [-0.39, 0.29) is 19.5 Å². The summed E-state index contributed by atoms with van der Waals surface area (Å²) in [6.07, 6.45) is 0. The first-order chi connectivity index (χ1) is 10.6. The van der Waals surface area contributed by atoms with Gasteiger partial charge in [-0.3, -0.25) is 0 Å². The zero-order valence-corrected chi connectivity index (χ0v) is 18.1. The van der Waals surface area contributed by atoms with Gasteiger partial charge in [-0.1, -0.05) is 18.1 Å². The van der Waals surface area contributed by atoms with Crippen molar-refractivity contribution in [3.8, 4) is 0 Å². The molecule has 0 unspecified atom stereocenters. The predicted octanol–water partition coefficient (Wildman–Crippen LogP) is 7.31. The van der Waals surface area contributed by atoms with E-state index < -0.39 is 0 Å². The molecular formula is C22H36Rh-4. The Morgan fingerprint density at radius 1 is 0.696 bits per heavy atom. The van der Waals surface area contributed by atoms with E-state index in [4.69, 9.17) is 0 Å². The molecule has 0 fully saturated rings. The summed E-state index contributed by atoms with van der Waals surface area (Å²) in [5, 5.41) is 0. The van der Waals surface area contributed by atoms with Crippen LogP contribution in [0.15, 0.2) is 52.6 Å². The van der Waals surface area contributed by atoms with E-state index in [0.717, 1.165) is 0 Å². The molecule has 0 saturated heterocycles. The van der Waals surface area contributed by atoms with E-state index in [0.29, 0.717) is 5.92 Å². The van der Waals surface area contributed by atoms with E-state index in [1.165, 1.54) is 11.1 Å². The van der Waals surface area contributed by atoms with E-state index in [2.05, 4.69) is 61.5 Å². The Kier molecular flexibility index (Phi) is 28.0. The second-order valence-electron chi connectivity index (χ2n) is 4.42. The fourth-order valence-electron chi connectivity index (χ4n) is 1.91. The number of rotatable bonds is 0. The van der Waals surface area contributed by atoms with Crippen molar-refractivity contribution in [1.82, 2.24) is 0 Å². The van der Waals surface area contributed by atoms with Crippen molar-refractivity contribution in [3.05, 3.63) is 79.5 Å². The number of benzene rings is 1. The summed E-state index contributed by atoms with van der Waals surface area (Å²) in [6, 6.07) is 12.5. The first-order valence-corrected chi connectivity index (χ1v) is 7.94. The van der Waals surface area contributed by atoms with Crippen molar-refractivity contribution in [3.63, 3.8) is 0 Å². The molecule has 0 aromatic heterocycles. The number of allylic oxidation sites excluding steroid dienone is 4. The van der Waals surface area contributed by atoms with Gasteiger partial charge >= 0.3 is 0 Å². The fraction of sp³-hybridized carbons (Fsp3) is 0.409. The minimum absolute atomic E-state index is 0. The van der Waals surface area contributed by atoms with E-state index in [1.807, 2.05) is 30.3 Å². The molecular weight excluding hydrogens is 367 g/mol. The van der Waals surface area contributed by atoms with Gasteiger partial charge in [-0.2, -0.15) is 57.2 Å². The van der Waals surface area contributed by atoms with E-state index in [1.54, 1.807) is 31.9 Å². The summed E-state index contributed by atoms with van der Waals surface area (Å²) in [4.78, 5) is 0. The summed E-state index contributed by atoms with van der Waals surface area (Å²) in [5.41, 5.74) is 6.11. The van der Waals surface area contributed by atoms with Gasteiger partial charge in [0.15, 0.2) is 0 Å². The molecule has 23 heavy (non-hydrogen) atoms. The van der Waals surface area contributed by atoms with Crippen LogP contribution < -0.4 is 0 Å². The minimum atomic E-state index is 0. The maximum absolute atomic E-state index is 3.25. The summed E-state index contributed by atoms with van der Waals surface area (Å²) < 4.78 is 0. The van der Waals surface area contributed by atoms with Gasteiger partial charge in [0.25, 0.3) is 0 Å². The van der Waals surface area contributed by atoms with Crippen molar-refractivity contribution in [2.45, 2.75) is 55.4 Å². The summed E-state index contributed by atoms with van der Waals surface area (Å²) in [6.45, 7) is 26.2. The molecule has 0 atom stereocenters. The van der Waals surface area contributed by atoms with Crippen molar-refractivity contribution in [2.75, 3.05) is 0 Å². The molecule has 0 bridgehead atoms. The normalized spacial score (nSPS) is 12.1. The molecule has 1 aromatic rings. The standard InChI is InChI=1S/C10H16.C6H5.3C2H5.Rh/c1-6-7(2)9(4)10(5)8(6)3;1-2-4-6-5-3-1;3*1-2;/h6H,1-5H3;1-5H;3*1H2,2H3;/q;4*-1;. The molecule has 0 spiro atoms. The van der Waals surface area contributed by atoms with Crippen molar-refractivity contribution in [2.24, 2.45) is 5.92 Å². The zero-order chi connectivity index (χ0) is 18.1. The summed E-state index contributed by atoms with van der Waals surface area (Å²) in [7, 11) is 0. The van der Waals surface area contributed by atoms with Gasteiger partial charge in [0.05, 0.1) is 0 Å². The van der Waals surface area contributed by atoms with Crippen molar-refractivity contribution >= 4 is 0 Å². The molecule has 137 valence electrons. The molecule has 1 aromatic carbocycles. The van der Waals surface area contributed by atoms with Crippen LogP contribution in [0.4, 0.5) is 0 Å². The quantitative estimate of drug-likeness (QED) is 0.315. The van der Waals surface area contributed by atoms with Gasteiger partial charge in [0.1, 0.15) is 0 Å². The molecule has 1 radical (unpaired) electrons. The van der Waals surface area contributed by atoms with Crippen LogP contribution in [0.3, 0.4) is 0 Å². The molecule has 0 N–H and O–H groups in total. The van der Waals surface area contributed by atoms with Crippen LogP contribution in [-0.2, 0) is 19.5 Å². The van der Waals surface area contributed by atoms with Gasteiger partial charge in [-0.05, 0) is 44.8 Å². The fourth-order valence-corrected chi connectivity index (χ4v) is 1.91. The van der Waals surface area contributed by atoms with Crippen LogP contribution in [0.1, 0.15) is 55.4 Å². The van der Waals surface area contributed by atoms with Gasteiger partial charge in [-0.25, -0.2) is 0 Å². The minimum Gasteiger partial charge on any atom is -0.346 e. The molecule has 1 heteroatoms. The number of hydrogen-bond donors (Lipinski definition) is 0. The van der Waals surface area contributed by atoms with Crippen LogP contribution in [0.5, 0.6) is 0 Å². The van der Waals surface area contributed by atoms with E-state index in [9.17, 15) is 0 Å². The molecule has 2 rings (SSSR count). The van der Waals surface area contributed by atoms with Gasteiger partial charge in [0.2, 0.25) is 0 Å². The first kappa shape index (κ1) is 30.2. The molecule has 0 aliphatic heterocycles. The third-order valence-corrected chi connectivity index (χ3v) is 3.65. The Balaban J connectivity index is -0.000000120. The van der Waals surface area contributed by atoms with Gasteiger partial charge in [-0.15, -0.1) is 0 Å². The van der Waals surface area contributed by atoms with Gasteiger partial charge < -0.3 is 20.8 Å². The number of hydrogen-bond acceptors (Lipinski definition) is 0. The SMILES string of the molecule is CC1=C(C)C(C)C(C)=C1C.[CH2-]C.[CH2-]C.[CH2-]C.[Rh].[c-]1ccccc1. The Morgan fingerprint density at radius 2 is 1.00 bits per heavy atom. The van der Waals surface area contributed by atoms with Crippen LogP contribution in [0.25, 0.3) is 0 Å². The molecule has 0 amide bonds. The Labute approximate surface area is 160 Å². The van der Waals surface area contributed by atoms with Gasteiger partial charge in [0, 0.05) is 19.5 Å². The molecule has 1 aliphatic rings. The second kappa shape index (κ2) is 21.3. The maximum atomic E-state index is 3.25. The van der Waals surface area contributed by atoms with Crippen molar-refractivity contribution < 1.29 is 19.5 Å². The molecule has 1 aliphatic carbocycles. The molecule has 0 saturated carbocycles. The Morgan fingerprint density at radius 3 is 1.09 bits per heavy atom. The zero-order valence-electron chi connectivity index (χ0n) is 16.4. The Bertz CT molecular complexity index is 349. The average Bonchev–Trinajstić information content (AvgIpc) is 2.80. The second-order valence-corrected chi connectivity index (χ2v) is 4.42. The van der Waals surface area contributed by atoms with Crippen LogP contribution >= 0.6 is 0 Å². The largest absolute Gasteiger partial charge is 0.346 e. The predicted molar refractivity (Wildman–Crippen MR) is 104 cm³/mol. The summed E-state index contributed by atoms with van der Waals surface area (Å²) >= 11 is 0. The Hall–Kier alpha value is -0.677. The van der Waals surface area contributed by atoms with Crippen LogP contribution in [0, 0.1) is 32.8 Å². The first-order valence-electron chi connectivity index (χ1n) is 7.94. The maximum Gasteiger partial charge on any atom is 0 e.